The molecule has 3 rings (SSSR count). The fraction of sp³-hybridized carbons (Fsp3) is 0. The van der Waals surface area contributed by atoms with Gasteiger partial charge in [-0.25, -0.2) is 0 Å². The van der Waals surface area contributed by atoms with E-state index in [1.807, 2.05) is 30.3 Å². The van der Waals surface area contributed by atoms with Crippen LogP contribution in [-0.2, 0) is 0 Å². The maximum atomic E-state index is 12.2. The van der Waals surface area contributed by atoms with Crippen LogP contribution >= 0.6 is 15.9 Å². The van der Waals surface area contributed by atoms with Gasteiger partial charge in [0.15, 0.2) is 0 Å². The third kappa shape index (κ3) is 4.20. The molecule has 0 saturated carbocycles. The summed E-state index contributed by atoms with van der Waals surface area (Å²) in [5.74, 6) is -0.427. The summed E-state index contributed by atoms with van der Waals surface area (Å²) >= 11 is 3.02. The molecule has 2 amide bonds. The number of amides is 2. The zero-order chi connectivity index (χ0) is 16.9. The van der Waals surface area contributed by atoms with Crippen molar-refractivity contribution in [3.63, 3.8) is 0 Å². The molecule has 1 heterocycles. The van der Waals surface area contributed by atoms with Crippen LogP contribution in [0.2, 0.25) is 0 Å². The van der Waals surface area contributed by atoms with Crippen LogP contribution in [-0.4, -0.2) is 31.3 Å². The number of anilines is 2. The van der Waals surface area contributed by atoms with Crippen LogP contribution in [0.1, 0.15) is 19.6 Å². The van der Waals surface area contributed by atoms with E-state index in [1.165, 1.54) is 6.20 Å². The molecule has 0 saturated heterocycles. The summed E-state index contributed by atoms with van der Waals surface area (Å²) in [7, 11) is 0. The molecule has 0 aliphatic heterocycles. The minimum absolute atomic E-state index is 0.204. The first-order valence-corrected chi connectivity index (χ1v) is 9.51. The van der Waals surface area contributed by atoms with E-state index < -0.39 is 0 Å². The van der Waals surface area contributed by atoms with E-state index in [1.54, 1.807) is 24.3 Å². The second kappa shape index (κ2) is 7.57. The van der Waals surface area contributed by atoms with Crippen LogP contribution in [0.3, 0.4) is 0 Å². The van der Waals surface area contributed by atoms with Crippen LogP contribution in [0.15, 0.2) is 65.3 Å². The molecule has 2 N–H and O–H groups in total. The Hall–Kier alpha value is -2.21. The number of rotatable bonds is 4. The van der Waals surface area contributed by atoms with Crippen molar-refractivity contribution in [2.24, 2.45) is 0 Å². The molecule has 0 spiro atoms. The Bertz CT molecular complexity index is 863. The molecule has 5 nitrogen and oxygen atoms in total. The van der Waals surface area contributed by atoms with Gasteiger partial charge in [0.25, 0.3) is 0 Å². The van der Waals surface area contributed by atoms with Crippen molar-refractivity contribution in [1.29, 1.82) is 0 Å². The average molecular weight is 449 g/mol. The van der Waals surface area contributed by atoms with E-state index in [0.29, 0.717) is 20.4 Å². The fourth-order valence-electron chi connectivity index (χ4n) is 1.92. The second-order valence-corrected chi connectivity index (χ2v) is 7.89. The molecule has 0 aliphatic rings. The average Bonchev–Trinajstić information content (AvgIpc) is 3.06. The molecule has 0 unspecified atom stereocenters. The van der Waals surface area contributed by atoms with E-state index in [2.05, 4.69) is 31.5 Å². The standard InChI is InChI=1S/C17H12BrN3O2Se/c18-12-6-8-13(9-7-12)20-16(23)14-10-19-17(24-14)21-15(22)11-4-2-1-3-5-11/h1-10H,(H,20,23)(H,19,21,22). The van der Waals surface area contributed by atoms with Crippen LogP contribution in [0.4, 0.5) is 10.4 Å². The molecule has 7 heteroatoms. The summed E-state index contributed by atoms with van der Waals surface area (Å²) in [6.45, 7) is 0. The van der Waals surface area contributed by atoms with Crippen LogP contribution in [0.5, 0.6) is 0 Å². The molecule has 2 aromatic carbocycles. The first-order chi connectivity index (χ1) is 11.6. The van der Waals surface area contributed by atoms with E-state index in [4.69, 9.17) is 0 Å². The number of aromatic nitrogens is 1. The molecule has 1 aromatic heterocycles. The van der Waals surface area contributed by atoms with Gasteiger partial charge in [-0.1, -0.05) is 0 Å². The number of carbonyl (C=O) groups is 2. The number of halogens is 1. The fourth-order valence-corrected chi connectivity index (χ4v) is 3.67. The number of hydrogen-bond donors (Lipinski definition) is 2. The van der Waals surface area contributed by atoms with Crippen molar-refractivity contribution in [2.75, 3.05) is 10.6 Å². The van der Waals surface area contributed by atoms with Gasteiger partial charge in [0.1, 0.15) is 0 Å². The third-order valence-corrected chi connectivity index (χ3v) is 5.53. The first-order valence-electron chi connectivity index (χ1n) is 7.01. The molecule has 0 aliphatic carbocycles. The number of hydrogen-bond acceptors (Lipinski definition) is 3. The summed E-state index contributed by atoms with van der Waals surface area (Å²) in [5, 5.41) is 5.57. The molecule has 0 radical (unpaired) electrons. The molecule has 3 aromatic rings. The Morgan fingerprint density at radius 3 is 2.33 bits per heavy atom. The van der Waals surface area contributed by atoms with Gasteiger partial charge in [-0.2, -0.15) is 0 Å². The summed E-state index contributed by atoms with van der Waals surface area (Å²) in [6, 6.07) is 16.2. The Balaban J connectivity index is 1.65. The predicted molar refractivity (Wildman–Crippen MR) is 97.7 cm³/mol. The quantitative estimate of drug-likeness (QED) is 0.600. The van der Waals surface area contributed by atoms with E-state index in [0.717, 1.165) is 4.47 Å². The zero-order valence-electron chi connectivity index (χ0n) is 12.3. The first kappa shape index (κ1) is 16.6. The number of benzene rings is 2. The topological polar surface area (TPSA) is 71.1 Å². The molecule has 0 bridgehead atoms. The van der Waals surface area contributed by atoms with Crippen LogP contribution < -0.4 is 10.6 Å². The van der Waals surface area contributed by atoms with E-state index in [9.17, 15) is 9.59 Å². The molecular formula is C17H12BrN3O2Se. The minimum atomic E-state index is -0.329. The van der Waals surface area contributed by atoms with Crippen LogP contribution in [0, 0.1) is 0 Å². The van der Waals surface area contributed by atoms with E-state index in [-0.39, 0.29) is 26.3 Å². The van der Waals surface area contributed by atoms with Crippen molar-refractivity contribution >= 4 is 52.6 Å². The second-order valence-electron chi connectivity index (χ2n) is 4.81. The monoisotopic (exact) mass is 449 g/mol. The Labute approximate surface area is 153 Å². The van der Waals surface area contributed by atoms with Gasteiger partial charge in [-0.05, 0) is 0 Å². The maximum absolute atomic E-state index is 12.2. The zero-order valence-corrected chi connectivity index (χ0v) is 15.6. The number of nitrogens with one attached hydrogen (secondary N) is 2. The van der Waals surface area contributed by atoms with Crippen molar-refractivity contribution < 1.29 is 9.59 Å². The van der Waals surface area contributed by atoms with Gasteiger partial charge in [0.2, 0.25) is 0 Å². The third-order valence-electron chi connectivity index (χ3n) is 3.09. The summed E-state index contributed by atoms with van der Waals surface area (Å²) in [6.07, 6.45) is 1.51. The number of nitrogens with zero attached hydrogens (tertiary/aromatic N) is 1. The van der Waals surface area contributed by atoms with Gasteiger partial charge >= 0.3 is 153 Å². The summed E-state index contributed by atoms with van der Waals surface area (Å²) in [5.41, 5.74) is 1.27. The van der Waals surface area contributed by atoms with Gasteiger partial charge < -0.3 is 0 Å². The van der Waals surface area contributed by atoms with Crippen LogP contribution in [0.25, 0.3) is 0 Å². The molecular weight excluding hydrogens is 437 g/mol. The SMILES string of the molecule is O=C(Nc1ncc(C(=O)Nc2ccc(Br)cc2)[se]1)c1ccccc1. The van der Waals surface area contributed by atoms with Gasteiger partial charge in [0, 0.05) is 0 Å². The van der Waals surface area contributed by atoms with Crippen molar-refractivity contribution in [3.05, 3.63) is 75.3 Å². The normalized spacial score (nSPS) is 10.2. The van der Waals surface area contributed by atoms with Gasteiger partial charge in [0.05, 0.1) is 0 Å². The van der Waals surface area contributed by atoms with Crippen molar-refractivity contribution in [3.8, 4) is 0 Å². The molecule has 0 fully saturated rings. The predicted octanol–water partition coefficient (Wildman–Crippen LogP) is 3.41. The number of carbonyl (C=O) groups excluding carboxylic acids is 2. The molecule has 120 valence electrons. The summed E-state index contributed by atoms with van der Waals surface area (Å²) < 4.78 is 2.03. The van der Waals surface area contributed by atoms with Gasteiger partial charge in [-0.3, -0.25) is 0 Å². The van der Waals surface area contributed by atoms with E-state index >= 15 is 0 Å². The van der Waals surface area contributed by atoms with Gasteiger partial charge in [-0.15, -0.1) is 0 Å². The Kier molecular flexibility index (Phi) is 5.25. The molecule has 24 heavy (non-hydrogen) atoms. The van der Waals surface area contributed by atoms with Crippen molar-refractivity contribution in [2.45, 2.75) is 0 Å². The molecule has 0 atom stereocenters. The van der Waals surface area contributed by atoms with Crippen molar-refractivity contribution in [1.82, 2.24) is 4.98 Å². The Morgan fingerprint density at radius 1 is 0.917 bits per heavy atom. The summed E-state index contributed by atoms with van der Waals surface area (Å²) in [4.78, 5) is 28.5. The Morgan fingerprint density at radius 2 is 1.62 bits per heavy atom.